The average molecular weight is 204 g/mol. The summed E-state index contributed by atoms with van der Waals surface area (Å²) in [6.45, 7) is 4.21. The van der Waals surface area contributed by atoms with Gasteiger partial charge in [-0.3, -0.25) is 0 Å². The van der Waals surface area contributed by atoms with Gasteiger partial charge in [0, 0.05) is 0 Å². The molecule has 0 aliphatic carbocycles. The number of aliphatic hydroxyl groups excluding tert-OH is 1. The van der Waals surface area contributed by atoms with Gasteiger partial charge in [-0.25, -0.2) is 4.39 Å². The highest BCUT2D eigenvalue weighted by Crippen LogP contribution is 2.15. The summed E-state index contributed by atoms with van der Waals surface area (Å²) in [6.07, 6.45) is 5.69. The molecule has 0 amide bonds. The van der Waals surface area contributed by atoms with Gasteiger partial charge in [0.2, 0.25) is 0 Å². The fraction of sp³-hybridized carbons (Fsp3) is 1.00. The third kappa shape index (κ3) is 7.31. The molecule has 0 spiro atoms. The Labute approximate surface area is 87.7 Å². The molecule has 0 fully saturated rings. The Morgan fingerprint density at radius 2 is 1.43 bits per heavy atom. The summed E-state index contributed by atoms with van der Waals surface area (Å²) in [7, 11) is 0. The molecular weight excluding hydrogens is 179 g/mol. The van der Waals surface area contributed by atoms with Crippen molar-refractivity contribution < 1.29 is 9.50 Å². The van der Waals surface area contributed by atoms with Crippen LogP contribution < -0.4 is 0 Å². The molecule has 1 unspecified atom stereocenters. The highest BCUT2D eigenvalue weighted by atomic mass is 19.1. The minimum absolute atomic E-state index is 0.529. The molecule has 0 rings (SSSR count). The first-order valence-electron chi connectivity index (χ1n) is 6.04. The van der Waals surface area contributed by atoms with Crippen molar-refractivity contribution in [1.82, 2.24) is 0 Å². The number of rotatable bonds is 9. The van der Waals surface area contributed by atoms with Gasteiger partial charge < -0.3 is 5.11 Å². The number of halogens is 1. The summed E-state index contributed by atoms with van der Waals surface area (Å²) in [5, 5.41) is 9.47. The molecule has 14 heavy (non-hydrogen) atoms. The van der Waals surface area contributed by atoms with Crippen LogP contribution in [-0.2, 0) is 0 Å². The van der Waals surface area contributed by atoms with Crippen molar-refractivity contribution in [3.05, 3.63) is 0 Å². The molecule has 0 radical (unpaired) electrons. The number of hydrogen-bond acceptors (Lipinski definition) is 1. The van der Waals surface area contributed by atoms with Crippen LogP contribution in [0.15, 0.2) is 0 Å². The summed E-state index contributed by atoms with van der Waals surface area (Å²) < 4.78 is 13.3. The largest absolute Gasteiger partial charge is 0.390 e. The standard InChI is InChI=1S/C12H25FO/c1-3-5-7-9-11(13)12(14)10-8-6-4-2/h11-12,14H,3-10H2,1-2H3/t11-,12?/m1/s1. The first kappa shape index (κ1) is 13.9. The van der Waals surface area contributed by atoms with Crippen LogP contribution in [0.2, 0.25) is 0 Å². The monoisotopic (exact) mass is 204 g/mol. The minimum Gasteiger partial charge on any atom is -0.390 e. The lowest BCUT2D eigenvalue weighted by Crippen LogP contribution is -2.21. The van der Waals surface area contributed by atoms with Crippen LogP contribution in [0.4, 0.5) is 4.39 Å². The molecule has 1 nitrogen and oxygen atoms in total. The fourth-order valence-corrected chi connectivity index (χ4v) is 1.57. The van der Waals surface area contributed by atoms with Gasteiger partial charge in [0.25, 0.3) is 0 Å². The van der Waals surface area contributed by atoms with E-state index in [1.807, 2.05) is 0 Å². The van der Waals surface area contributed by atoms with E-state index in [-0.39, 0.29) is 0 Å². The topological polar surface area (TPSA) is 20.2 Å². The minimum atomic E-state index is -1.00. The Kier molecular flexibility index (Phi) is 9.37. The molecule has 0 aromatic carbocycles. The van der Waals surface area contributed by atoms with Crippen LogP contribution in [0.3, 0.4) is 0 Å². The summed E-state index contributed by atoms with van der Waals surface area (Å²) in [5.41, 5.74) is 0. The van der Waals surface area contributed by atoms with Gasteiger partial charge in [-0.1, -0.05) is 52.4 Å². The molecule has 0 bridgehead atoms. The zero-order valence-corrected chi connectivity index (χ0v) is 9.64. The number of unbranched alkanes of at least 4 members (excludes halogenated alkanes) is 4. The highest BCUT2D eigenvalue weighted by Gasteiger charge is 2.16. The molecule has 0 aliphatic heterocycles. The van der Waals surface area contributed by atoms with Crippen molar-refractivity contribution in [2.45, 2.75) is 77.5 Å². The van der Waals surface area contributed by atoms with Crippen LogP contribution in [0, 0.1) is 0 Å². The van der Waals surface area contributed by atoms with Gasteiger partial charge >= 0.3 is 0 Å². The Bertz CT molecular complexity index is 103. The lowest BCUT2D eigenvalue weighted by atomic mass is 10.0. The van der Waals surface area contributed by atoms with Crippen molar-refractivity contribution >= 4 is 0 Å². The normalized spacial score (nSPS) is 15.4. The molecular formula is C12H25FO. The van der Waals surface area contributed by atoms with E-state index in [1.54, 1.807) is 0 Å². The van der Waals surface area contributed by atoms with E-state index < -0.39 is 12.3 Å². The second-order valence-electron chi connectivity index (χ2n) is 4.07. The summed E-state index contributed by atoms with van der Waals surface area (Å²) in [4.78, 5) is 0. The lowest BCUT2D eigenvalue weighted by molar-refractivity contribution is 0.0623. The maximum Gasteiger partial charge on any atom is 0.126 e. The number of aliphatic hydroxyl groups is 1. The zero-order chi connectivity index (χ0) is 10.8. The van der Waals surface area contributed by atoms with Crippen molar-refractivity contribution in [3.8, 4) is 0 Å². The van der Waals surface area contributed by atoms with Gasteiger partial charge in [0.1, 0.15) is 6.17 Å². The van der Waals surface area contributed by atoms with Crippen molar-refractivity contribution in [2.24, 2.45) is 0 Å². The second kappa shape index (κ2) is 9.45. The molecule has 1 N–H and O–H groups in total. The second-order valence-corrected chi connectivity index (χ2v) is 4.07. The van der Waals surface area contributed by atoms with Gasteiger partial charge in [-0.2, -0.15) is 0 Å². The molecule has 0 aromatic heterocycles. The average Bonchev–Trinajstić information content (AvgIpc) is 2.18. The molecule has 2 heteroatoms. The third-order valence-electron chi connectivity index (χ3n) is 2.60. The van der Waals surface area contributed by atoms with Gasteiger partial charge in [0.05, 0.1) is 6.10 Å². The first-order chi connectivity index (χ1) is 6.72. The van der Waals surface area contributed by atoms with Crippen LogP contribution in [-0.4, -0.2) is 17.4 Å². The van der Waals surface area contributed by atoms with E-state index in [0.717, 1.165) is 38.5 Å². The predicted octanol–water partition coefficient (Wildman–Crippen LogP) is 3.85. The smallest absolute Gasteiger partial charge is 0.126 e. The van der Waals surface area contributed by atoms with E-state index >= 15 is 0 Å². The van der Waals surface area contributed by atoms with E-state index in [0.29, 0.717) is 12.8 Å². The van der Waals surface area contributed by atoms with Gasteiger partial charge in [0.15, 0.2) is 0 Å². The molecule has 0 heterocycles. The van der Waals surface area contributed by atoms with E-state index in [4.69, 9.17) is 0 Å². The van der Waals surface area contributed by atoms with Gasteiger partial charge in [-0.05, 0) is 12.8 Å². The number of alkyl halides is 1. The van der Waals surface area contributed by atoms with E-state index in [9.17, 15) is 9.50 Å². The summed E-state index contributed by atoms with van der Waals surface area (Å²) >= 11 is 0. The SMILES string of the molecule is CCCCCC(O)[C@H](F)CCCCC. The highest BCUT2D eigenvalue weighted by molar-refractivity contribution is 4.67. The maximum atomic E-state index is 13.3. The van der Waals surface area contributed by atoms with Crippen molar-refractivity contribution in [3.63, 3.8) is 0 Å². The number of hydrogen-bond donors (Lipinski definition) is 1. The summed E-state index contributed by atoms with van der Waals surface area (Å²) in [5.74, 6) is 0. The van der Waals surface area contributed by atoms with Gasteiger partial charge in [-0.15, -0.1) is 0 Å². The molecule has 86 valence electrons. The molecule has 0 saturated carbocycles. The Morgan fingerprint density at radius 1 is 0.929 bits per heavy atom. The summed E-state index contributed by atoms with van der Waals surface area (Å²) in [6, 6.07) is 0. The van der Waals surface area contributed by atoms with Crippen molar-refractivity contribution in [1.29, 1.82) is 0 Å². The Hall–Kier alpha value is -0.110. The zero-order valence-electron chi connectivity index (χ0n) is 9.64. The van der Waals surface area contributed by atoms with Crippen LogP contribution in [0.1, 0.15) is 65.2 Å². The molecule has 0 saturated heterocycles. The Balaban J connectivity index is 3.39. The molecule has 0 aromatic rings. The molecule has 2 atom stereocenters. The van der Waals surface area contributed by atoms with Crippen LogP contribution in [0.25, 0.3) is 0 Å². The molecule has 0 aliphatic rings. The quantitative estimate of drug-likeness (QED) is 0.566. The van der Waals surface area contributed by atoms with E-state index in [1.165, 1.54) is 0 Å². The van der Waals surface area contributed by atoms with Crippen LogP contribution >= 0.6 is 0 Å². The first-order valence-corrected chi connectivity index (χ1v) is 6.04. The van der Waals surface area contributed by atoms with E-state index in [2.05, 4.69) is 13.8 Å². The van der Waals surface area contributed by atoms with Crippen LogP contribution in [0.5, 0.6) is 0 Å². The Morgan fingerprint density at radius 3 is 1.93 bits per heavy atom. The maximum absolute atomic E-state index is 13.3. The third-order valence-corrected chi connectivity index (χ3v) is 2.60. The fourth-order valence-electron chi connectivity index (χ4n) is 1.57. The van der Waals surface area contributed by atoms with Crippen molar-refractivity contribution in [2.75, 3.05) is 0 Å². The predicted molar refractivity (Wildman–Crippen MR) is 59.2 cm³/mol. The lowest BCUT2D eigenvalue weighted by Gasteiger charge is -2.15.